The van der Waals surface area contributed by atoms with Gasteiger partial charge in [0.1, 0.15) is 11.4 Å². The summed E-state index contributed by atoms with van der Waals surface area (Å²) < 4.78 is 0. The molecule has 2 heterocycles. The number of carbonyl (C=O) groups excluding carboxylic acids is 3. The topological polar surface area (TPSA) is 89.5 Å². The van der Waals surface area contributed by atoms with E-state index in [1.807, 2.05) is 18.4 Å². The van der Waals surface area contributed by atoms with E-state index in [0.717, 1.165) is 5.56 Å². The van der Waals surface area contributed by atoms with E-state index >= 15 is 0 Å². The molecule has 0 aromatic heterocycles. The van der Waals surface area contributed by atoms with Crippen LogP contribution < -0.4 is 10.4 Å². The van der Waals surface area contributed by atoms with Crippen LogP contribution in [0.15, 0.2) is 24.3 Å². The third-order valence-electron chi connectivity index (χ3n) is 4.21. The Labute approximate surface area is 148 Å². The van der Waals surface area contributed by atoms with E-state index in [1.165, 1.54) is 23.5 Å². The number of benzene rings is 1. The molecule has 128 valence electrons. The molecule has 1 fully saturated rings. The molecular weight excluding hydrogens is 348 g/mol. The maximum atomic E-state index is 12.6. The Morgan fingerprint density at radius 3 is 2.92 bits per heavy atom. The van der Waals surface area contributed by atoms with Gasteiger partial charge >= 0.3 is 0 Å². The summed E-state index contributed by atoms with van der Waals surface area (Å²) in [5.74, 6) is -0.833. The second-order valence-electron chi connectivity index (χ2n) is 5.66. The highest BCUT2D eigenvalue weighted by Gasteiger charge is 2.48. The number of hydrogen-bond acceptors (Lipinski definition) is 6. The van der Waals surface area contributed by atoms with Crippen LogP contribution in [-0.4, -0.2) is 52.5 Å². The van der Waals surface area contributed by atoms with Crippen molar-refractivity contribution in [3.8, 4) is 0 Å². The fourth-order valence-electron chi connectivity index (χ4n) is 2.99. The Bertz CT molecular complexity index is 682. The van der Waals surface area contributed by atoms with Crippen molar-refractivity contribution in [1.29, 1.82) is 0 Å². The summed E-state index contributed by atoms with van der Waals surface area (Å²) in [6.45, 7) is 0. The smallest absolute Gasteiger partial charge is 0.256 e. The quantitative estimate of drug-likeness (QED) is 0.777. The van der Waals surface area contributed by atoms with Crippen molar-refractivity contribution < 1.29 is 19.5 Å². The van der Waals surface area contributed by atoms with Crippen LogP contribution in [0.2, 0.25) is 0 Å². The zero-order chi connectivity index (χ0) is 17.3. The summed E-state index contributed by atoms with van der Waals surface area (Å²) in [4.78, 5) is 37.9. The van der Waals surface area contributed by atoms with Crippen molar-refractivity contribution in [1.82, 2.24) is 10.2 Å². The maximum Gasteiger partial charge on any atom is 0.256 e. The molecule has 0 saturated carbocycles. The van der Waals surface area contributed by atoms with E-state index in [9.17, 15) is 19.5 Å². The second kappa shape index (κ2) is 7.06. The number of aliphatic carboxylic acids is 1. The lowest BCUT2D eigenvalue weighted by atomic mass is 10.1. The SMILES string of the molecule is CSCC[C@@H](NC(=O)[C@@H]1CS[C@H]2c3ccccc3C(=O)N12)C(=O)[O-]. The van der Waals surface area contributed by atoms with Gasteiger partial charge in [-0.1, -0.05) is 18.2 Å². The molecule has 1 saturated heterocycles. The number of amides is 2. The molecular formula is C16H17N2O4S2-. The highest BCUT2D eigenvalue weighted by molar-refractivity contribution is 7.99. The number of rotatable bonds is 6. The van der Waals surface area contributed by atoms with E-state index in [4.69, 9.17) is 0 Å². The second-order valence-corrected chi connectivity index (χ2v) is 7.76. The number of carboxylic acids is 1. The predicted molar refractivity (Wildman–Crippen MR) is 91.5 cm³/mol. The molecule has 6 nitrogen and oxygen atoms in total. The number of nitrogens with zero attached hydrogens (tertiary/aromatic N) is 1. The number of fused-ring (bicyclic) bond motifs is 3. The Morgan fingerprint density at radius 1 is 1.46 bits per heavy atom. The van der Waals surface area contributed by atoms with E-state index in [-0.39, 0.29) is 11.3 Å². The number of hydrogen-bond donors (Lipinski definition) is 1. The standard InChI is InChI=1S/C16H18N2O4S2/c1-23-7-6-11(16(21)22)17-13(19)12-8-24-15-10-5-3-2-4-9(10)14(20)18(12)15/h2-5,11-12,15H,6-8H2,1H3,(H,17,19)(H,21,22)/p-1/t11-,12+,15+/m1/s1. The molecule has 8 heteroatoms. The molecule has 2 aliphatic heterocycles. The highest BCUT2D eigenvalue weighted by Crippen LogP contribution is 2.48. The van der Waals surface area contributed by atoms with E-state index in [2.05, 4.69) is 5.32 Å². The molecule has 2 aliphatic rings. The first-order chi connectivity index (χ1) is 11.5. The third kappa shape index (κ3) is 3.00. The minimum Gasteiger partial charge on any atom is -0.548 e. The molecule has 0 aliphatic carbocycles. The average molecular weight is 365 g/mol. The molecule has 3 atom stereocenters. The van der Waals surface area contributed by atoms with Crippen LogP contribution >= 0.6 is 23.5 Å². The number of thioether (sulfide) groups is 2. The van der Waals surface area contributed by atoms with Gasteiger partial charge in [0.2, 0.25) is 5.91 Å². The maximum absolute atomic E-state index is 12.6. The van der Waals surface area contributed by atoms with Gasteiger partial charge in [-0.15, -0.1) is 11.8 Å². The summed E-state index contributed by atoms with van der Waals surface area (Å²) in [5.41, 5.74) is 1.54. The van der Waals surface area contributed by atoms with Gasteiger partial charge in [-0.25, -0.2) is 0 Å². The molecule has 24 heavy (non-hydrogen) atoms. The lowest BCUT2D eigenvalue weighted by Crippen LogP contribution is -2.54. The first kappa shape index (κ1) is 17.2. The predicted octanol–water partition coefficient (Wildman–Crippen LogP) is 0.244. The first-order valence-corrected chi connectivity index (χ1v) is 10.0. The summed E-state index contributed by atoms with van der Waals surface area (Å²) in [7, 11) is 0. The van der Waals surface area contributed by atoms with Crippen LogP contribution in [0.5, 0.6) is 0 Å². The fourth-order valence-corrected chi connectivity index (χ4v) is 4.93. The summed E-state index contributed by atoms with van der Waals surface area (Å²) in [5, 5.41) is 13.6. The monoisotopic (exact) mass is 365 g/mol. The Morgan fingerprint density at radius 2 is 2.21 bits per heavy atom. The summed E-state index contributed by atoms with van der Waals surface area (Å²) in [6, 6.07) is 5.64. The van der Waals surface area contributed by atoms with Crippen LogP contribution in [0.1, 0.15) is 27.7 Å². The molecule has 0 radical (unpaired) electrons. The van der Waals surface area contributed by atoms with Crippen molar-refractivity contribution in [3.63, 3.8) is 0 Å². The van der Waals surface area contributed by atoms with Gasteiger partial charge in [-0.3, -0.25) is 9.59 Å². The molecule has 1 aromatic carbocycles. The zero-order valence-electron chi connectivity index (χ0n) is 13.1. The minimum atomic E-state index is -1.30. The lowest BCUT2D eigenvalue weighted by molar-refractivity contribution is -0.308. The molecule has 3 rings (SSSR count). The highest BCUT2D eigenvalue weighted by atomic mass is 32.2. The Hall–Kier alpha value is -1.67. The Balaban J connectivity index is 1.74. The van der Waals surface area contributed by atoms with Crippen molar-refractivity contribution in [3.05, 3.63) is 35.4 Å². The van der Waals surface area contributed by atoms with Crippen LogP contribution in [0.25, 0.3) is 0 Å². The van der Waals surface area contributed by atoms with E-state index < -0.39 is 24.0 Å². The van der Waals surface area contributed by atoms with Gasteiger partial charge in [-0.05, 0) is 30.1 Å². The van der Waals surface area contributed by atoms with Gasteiger partial charge in [0.05, 0.1) is 12.0 Å². The molecule has 0 bridgehead atoms. The minimum absolute atomic E-state index is 0.169. The molecule has 1 N–H and O–H groups in total. The molecule has 1 aromatic rings. The molecule has 2 amide bonds. The van der Waals surface area contributed by atoms with Gasteiger partial charge in [-0.2, -0.15) is 11.8 Å². The van der Waals surface area contributed by atoms with Gasteiger partial charge in [0, 0.05) is 11.3 Å². The summed E-state index contributed by atoms with van der Waals surface area (Å²) in [6.07, 6.45) is 2.17. The third-order valence-corrected chi connectivity index (χ3v) is 6.16. The molecule has 0 spiro atoms. The van der Waals surface area contributed by atoms with Crippen LogP contribution in [0.3, 0.4) is 0 Å². The van der Waals surface area contributed by atoms with Crippen molar-refractivity contribution in [2.24, 2.45) is 0 Å². The lowest BCUT2D eigenvalue weighted by Gasteiger charge is -2.26. The first-order valence-electron chi connectivity index (χ1n) is 7.58. The van der Waals surface area contributed by atoms with E-state index in [1.54, 1.807) is 17.0 Å². The van der Waals surface area contributed by atoms with Crippen LogP contribution in [0, 0.1) is 0 Å². The number of carbonyl (C=O) groups is 3. The van der Waals surface area contributed by atoms with Crippen LogP contribution in [-0.2, 0) is 9.59 Å². The Kier molecular flexibility index (Phi) is 5.05. The number of nitrogens with one attached hydrogen (secondary N) is 1. The largest absolute Gasteiger partial charge is 0.548 e. The van der Waals surface area contributed by atoms with Gasteiger partial charge in [0.25, 0.3) is 5.91 Å². The summed E-state index contributed by atoms with van der Waals surface area (Å²) >= 11 is 3.03. The average Bonchev–Trinajstić information content (AvgIpc) is 3.12. The van der Waals surface area contributed by atoms with Crippen molar-refractivity contribution in [2.45, 2.75) is 23.9 Å². The normalized spacial score (nSPS) is 22.9. The number of carboxylic acid groups (broad SMARTS) is 1. The fraction of sp³-hybridized carbons (Fsp3) is 0.438. The van der Waals surface area contributed by atoms with E-state index in [0.29, 0.717) is 23.5 Å². The molecule has 0 unspecified atom stereocenters. The van der Waals surface area contributed by atoms with Crippen molar-refractivity contribution >= 4 is 41.3 Å². The van der Waals surface area contributed by atoms with Gasteiger partial charge < -0.3 is 20.1 Å². The van der Waals surface area contributed by atoms with Crippen LogP contribution in [0.4, 0.5) is 0 Å². The van der Waals surface area contributed by atoms with Gasteiger partial charge in [0.15, 0.2) is 0 Å². The van der Waals surface area contributed by atoms with Crippen molar-refractivity contribution in [2.75, 3.05) is 17.8 Å². The zero-order valence-corrected chi connectivity index (χ0v) is 14.7.